The molecule has 0 saturated heterocycles. The number of hydrogen-bond acceptors (Lipinski definition) is 2. The highest BCUT2D eigenvalue weighted by Gasteiger charge is 2.02. The fourth-order valence-corrected chi connectivity index (χ4v) is 1.56. The summed E-state index contributed by atoms with van der Waals surface area (Å²) in [4.78, 5) is 11.1. The van der Waals surface area contributed by atoms with Crippen molar-refractivity contribution in [2.75, 3.05) is 6.61 Å². The van der Waals surface area contributed by atoms with E-state index in [9.17, 15) is 4.79 Å². The highest BCUT2D eigenvalue weighted by atomic mass is 79.9. The van der Waals surface area contributed by atoms with E-state index < -0.39 is 0 Å². The molecule has 0 fully saturated rings. The summed E-state index contributed by atoms with van der Waals surface area (Å²) in [5, 5.41) is 0. The number of esters is 1. The second-order valence-corrected chi connectivity index (χ2v) is 3.91. The van der Waals surface area contributed by atoms with Crippen LogP contribution in [-0.4, -0.2) is 12.6 Å². The van der Waals surface area contributed by atoms with E-state index in [1.807, 2.05) is 30.3 Å². The Morgan fingerprint density at radius 1 is 1.47 bits per heavy atom. The van der Waals surface area contributed by atoms with Gasteiger partial charge in [0.15, 0.2) is 0 Å². The van der Waals surface area contributed by atoms with Gasteiger partial charge in [-0.05, 0) is 12.5 Å². The molecule has 1 atom stereocenters. The average molecular weight is 269 g/mol. The zero-order valence-corrected chi connectivity index (χ0v) is 10.1. The standard InChI is InChI=1S/C12H13BrO2/c1-2-15-12(14)9-8-11(13)10-6-4-3-5-7-10/h3-9,11H,2H2,1H3/b9-8-. The van der Waals surface area contributed by atoms with Crippen LogP contribution in [-0.2, 0) is 9.53 Å². The summed E-state index contributed by atoms with van der Waals surface area (Å²) in [6.07, 6.45) is 3.21. The molecule has 1 aromatic carbocycles. The van der Waals surface area contributed by atoms with Crippen molar-refractivity contribution in [3.05, 3.63) is 48.0 Å². The maximum absolute atomic E-state index is 11.0. The van der Waals surface area contributed by atoms with E-state index in [2.05, 4.69) is 15.9 Å². The lowest BCUT2D eigenvalue weighted by Gasteiger charge is -2.03. The van der Waals surface area contributed by atoms with Crippen molar-refractivity contribution in [1.29, 1.82) is 0 Å². The molecule has 0 aliphatic heterocycles. The van der Waals surface area contributed by atoms with Gasteiger partial charge in [-0.25, -0.2) is 4.79 Å². The Hall–Kier alpha value is -1.09. The molecule has 80 valence electrons. The van der Waals surface area contributed by atoms with Gasteiger partial charge in [0.25, 0.3) is 0 Å². The number of halogens is 1. The number of carbonyl (C=O) groups excluding carboxylic acids is 1. The molecule has 1 aromatic rings. The first-order valence-electron chi connectivity index (χ1n) is 4.78. The third-order valence-corrected chi connectivity index (χ3v) is 2.64. The average Bonchev–Trinajstić information content (AvgIpc) is 2.27. The number of rotatable bonds is 4. The molecule has 2 nitrogen and oxygen atoms in total. The molecule has 1 unspecified atom stereocenters. The van der Waals surface area contributed by atoms with Crippen LogP contribution in [0.2, 0.25) is 0 Å². The summed E-state index contributed by atoms with van der Waals surface area (Å²) in [6, 6.07) is 9.87. The van der Waals surface area contributed by atoms with Crippen LogP contribution in [0, 0.1) is 0 Å². The van der Waals surface area contributed by atoms with Crippen molar-refractivity contribution >= 4 is 21.9 Å². The van der Waals surface area contributed by atoms with Gasteiger partial charge in [0.1, 0.15) is 0 Å². The Labute approximate surface area is 98.1 Å². The van der Waals surface area contributed by atoms with Gasteiger partial charge >= 0.3 is 5.97 Å². The van der Waals surface area contributed by atoms with Crippen molar-refractivity contribution in [2.45, 2.75) is 11.8 Å². The fourth-order valence-electron chi connectivity index (χ4n) is 1.10. The summed E-state index contributed by atoms with van der Waals surface area (Å²) in [5.74, 6) is -0.308. The van der Waals surface area contributed by atoms with E-state index in [1.165, 1.54) is 6.08 Å². The quantitative estimate of drug-likeness (QED) is 0.476. The number of benzene rings is 1. The summed E-state index contributed by atoms with van der Waals surface area (Å²) in [6.45, 7) is 2.19. The smallest absolute Gasteiger partial charge is 0.330 e. The Balaban J connectivity index is 2.56. The molecule has 0 amide bonds. The SMILES string of the molecule is CCOC(=O)/C=C\C(Br)c1ccccc1. The minimum atomic E-state index is -0.308. The maximum atomic E-state index is 11.0. The van der Waals surface area contributed by atoms with Gasteiger partial charge in [-0.15, -0.1) is 0 Å². The number of hydrogen-bond donors (Lipinski definition) is 0. The van der Waals surface area contributed by atoms with E-state index in [0.717, 1.165) is 5.56 Å². The second-order valence-electron chi connectivity index (χ2n) is 2.92. The van der Waals surface area contributed by atoms with Crippen molar-refractivity contribution in [3.63, 3.8) is 0 Å². The van der Waals surface area contributed by atoms with E-state index >= 15 is 0 Å². The van der Waals surface area contributed by atoms with Crippen LogP contribution in [0.3, 0.4) is 0 Å². The van der Waals surface area contributed by atoms with Gasteiger partial charge < -0.3 is 4.74 Å². The summed E-state index contributed by atoms with van der Waals surface area (Å²) < 4.78 is 4.78. The minimum Gasteiger partial charge on any atom is -0.463 e. The lowest BCUT2D eigenvalue weighted by atomic mass is 10.1. The number of alkyl halides is 1. The zero-order chi connectivity index (χ0) is 11.1. The Morgan fingerprint density at radius 3 is 2.73 bits per heavy atom. The predicted molar refractivity (Wildman–Crippen MR) is 63.9 cm³/mol. The first-order chi connectivity index (χ1) is 7.24. The van der Waals surface area contributed by atoms with Crippen molar-refractivity contribution in [2.24, 2.45) is 0 Å². The van der Waals surface area contributed by atoms with Crippen LogP contribution in [0.25, 0.3) is 0 Å². The minimum absolute atomic E-state index is 0.0445. The molecule has 0 aromatic heterocycles. The summed E-state index contributed by atoms with van der Waals surface area (Å²) in [7, 11) is 0. The lowest BCUT2D eigenvalue weighted by molar-refractivity contribution is -0.137. The Kier molecular flexibility index (Phi) is 5.12. The topological polar surface area (TPSA) is 26.3 Å². The molecular weight excluding hydrogens is 256 g/mol. The molecule has 0 N–H and O–H groups in total. The third kappa shape index (κ3) is 4.30. The van der Waals surface area contributed by atoms with Gasteiger partial charge in [0.05, 0.1) is 11.4 Å². The van der Waals surface area contributed by atoms with Crippen LogP contribution >= 0.6 is 15.9 Å². The van der Waals surface area contributed by atoms with E-state index in [0.29, 0.717) is 6.61 Å². The molecule has 0 bridgehead atoms. The van der Waals surface area contributed by atoms with Gasteiger partial charge in [0, 0.05) is 6.08 Å². The van der Waals surface area contributed by atoms with Gasteiger partial charge in [-0.1, -0.05) is 52.3 Å². The lowest BCUT2D eigenvalue weighted by Crippen LogP contribution is -1.99. The fraction of sp³-hybridized carbons (Fsp3) is 0.250. The molecule has 3 heteroatoms. The van der Waals surface area contributed by atoms with Crippen LogP contribution in [0.15, 0.2) is 42.5 Å². The van der Waals surface area contributed by atoms with Gasteiger partial charge in [-0.3, -0.25) is 0 Å². The zero-order valence-electron chi connectivity index (χ0n) is 8.52. The molecule has 0 heterocycles. The van der Waals surface area contributed by atoms with Crippen LogP contribution in [0.5, 0.6) is 0 Å². The Morgan fingerprint density at radius 2 is 2.13 bits per heavy atom. The van der Waals surface area contributed by atoms with Crippen molar-refractivity contribution in [1.82, 2.24) is 0 Å². The maximum Gasteiger partial charge on any atom is 0.330 e. The van der Waals surface area contributed by atoms with Crippen LogP contribution in [0.1, 0.15) is 17.3 Å². The van der Waals surface area contributed by atoms with E-state index in [4.69, 9.17) is 4.74 Å². The number of ether oxygens (including phenoxy) is 1. The highest BCUT2D eigenvalue weighted by Crippen LogP contribution is 2.23. The van der Waals surface area contributed by atoms with E-state index in [1.54, 1.807) is 13.0 Å². The van der Waals surface area contributed by atoms with Gasteiger partial charge in [0.2, 0.25) is 0 Å². The third-order valence-electron chi connectivity index (χ3n) is 1.81. The van der Waals surface area contributed by atoms with Crippen LogP contribution in [0.4, 0.5) is 0 Å². The first kappa shape index (κ1) is 12.0. The van der Waals surface area contributed by atoms with Gasteiger partial charge in [-0.2, -0.15) is 0 Å². The first-order valence-corrected chi connectivity index (χ1v) is 5.69. The normalized spacial score (nSPS) is 12.7. The van der Waals surface area contributed by atoms with Crippen molar-refractivity contribution < 1.29 is 9.53 Å². The van der Waals surface area contributed by atoms with E-state index in [-0.39, 0.29) is 10.8 Å². The number of carbonyl (C=O) groups is 1. The molecule has 1 rings (SSSR count). The van der Waals surface area contributed by atoms with Crippen molar-refractivity contribution in [3.8, 4) is 0 Å². The molecule has 0 saturated carbocycles. The molecule has 15 heavy (non-hydrogen) atoms. The largest absolute Gasteiger partial charge is 0.463 e. The Bertz CT molecular complexity index is 333. The molecular formula is C12H13BrO2. The molecule has 0 radical (unpaired) electrons. The summed E-state index contributed by atoms with van der Waals surface area (Å²) >= 11 is 3.47. The highest BCUT2D eigenvalue weighted by molar-refractivity contribution is 9.09. The molecule has 0 aliphatic carbocycles. The molecule has 0 aliphatic rings. The molecule has 0 spiro atoms. The number of allylic oxidation sites excluding steroid dienone is 1. The second kappa shape index (κ2) is 6.40. The van der Waals surface area contributed by atoms with Crippen LogP contribution < -0.4 is 0 Å². The summed E-state index contributed by atoms with van der Waals surface area (Å²) in [5.41, 5.74) is 1.11. The monoisotopic (exact) mass is 268 g/mol. The predicted octanol–water partition coefficient (Wildman–Crippen LogP) is 3.24.